The smallest absolute Gasteiger partial charge is 0.228 e. The molecule has 1 saturated heterocycles. The molecule has 3 aromatic carbocycles. The lowest BCUT2D eigenvalue weighted by Crippen LogP contribution is -2.59. The summed E-state index contributed by atoms with van der Waals surface area (Å²) in [6.07, 6.45) is -5.84. The lowest BCUT2D eigenvalue weighted by molar-refractivity contribution is -0.289. The van der Waals surface area contributed by atoms with Gasteiger partial charge >= 0.3 is 0 Å². The molecule has 0 aliphatic carbocycles. The van der Waals surface area contributed by atoms with E-state index in [0.717, 1.165) is 22.4 Å². The minimum absolute atomic E-state index is 0.00418. The Morgan fingerprint density at radius 2 is 1.29 bits per heavy atom. The molecule has 0 radical (unpaired) electrons. The third-order valence-corrected chi connectivity index (χ3v) is 5.88. The van der Waals surface area contributed by atoms with Gasteiger partial charge in [0.2, 0.25) is 6.36 Å². The average molecular weight is 483 g/mol. The van der Waals surface area contributed by atoms with Gasteiger partial charge in [-0.1, -0.05) is 72.8 Å². The maximum absolute atomic E-state index is 15.2. The van der Waals surface area contributed by atoms with Crippen molar-refractivity contribution in [2.75, 3.05) is 13.7 Å². The molecule has 1 N–H and O–H groups in total. The van der Waals surface area contributed by atoms with Gasteiger partial charge in [0.25, 0.3) is 0 Å². The van der Waals surface area contributed by atoms with Crippen LogP contribution in [0.4, 0.5) is 4.39 Å². The normalized spacial score (nSPS) is 24.3. The number of halogens is 1. The Hall–Kier alpha value is -2.81. The standard InChI is InChI=1S/C28H31FO6/c1-31-23-14-12-22(13-15-23)16-32-19-24-25(30)26(33-17-20-8-4-2-5-9-20)27(28(29)35-24)34-18-21-10-6-3-7-11-21/h2-15,24-28,30H,16-19H2,1H3/t24-,25-,26+,27-,28?/m1/s1. The lowest BCUT2D eigenvalue weighted by atomic mass is 9.99. The van der Waals surface area contributed by atoms with Crippen molar-refractivity contribution >= 4 is 0 Å². The zero-order chi connectivity index (χ0) is 24.5. The van der Waals surface area contributed by atoms with Crippen LogP contribution in [0.25, 0.3) is 0 Å². The molecule has 6 nitrogen and oxygen atoms in total. The molecule has 0 spiro atoms. The number of alkyl halides is 1. The summed E-state index contributed by atoms with van der Waals surface area (Å²) < 4.78 is 43.4. The topological polar surface area (TPSA) is 66.4 Å². The Kier molecular flexibility index (Phi) is 9.22. The summed E-state index contributed by atoms with van der Waals surface area (Å²) in [6.45, 7) is 0.674. The van der Waals surface area contributed by atoms with E-state index in [-0.39, 0.29) is 26.4 Å². The van der Waals surface area contributed by atoms with Crippen LogP contribution in [-0.2, 0) is 38.8 Å². The zero-order valence-electron chi connectivity index (χ0n) is 19.7. The van der Waals surface area contributed by atoms with E-state index in [1.54, 1.807) is 7.11 Å². The van der Waals surface area contributed by atoms with Crippen LogP contribution in [0.2, 0.25) is 0 Å². The molecule has 5 atom stereocenters. The second kappa shape index (κ2) is 12.8. The molecule has 35 heavy (non-hydrogen) atoms. The van der Waals surface area contributed by atoms with E-state index in [1.165, 1.54) is 0 Å². The first kappa shape index (κ1) is 25.3. The van der Waals surface area contributed by atoms with E-state index in [1.807, 2.05) is 84.9 Å². The summed E-state index contributed by atoms with van der Waals surface area (Å²) in [5.74, 6) is 0.750. The molecule has 3 aromatic rings. The van der Waals surface area contributed by atoms with Crippen molar-refractivity contribution in [2.24, 2.45) is 0 Å². The third-order valence-electron chi connectivity index (χ3n) is 5.88. The molecular weight excluding hydrogens is 451 g/mol. The van der Waals surface area contributed by atoms with Gasteiger partial charge in [-0.05, 0) is 28.8 Å². The predicted molar refractivity (Wildman–Crippen MR) is 128 cm³/mol. The Morgan fingerprint density at radius 3 is 1.86 bits per heavy atom. The molecule has 0 amide bonds. The largest absolute Gasteiger partial charge is 0.497 e. The van der Waals surface area contributed by atoms with E-state index < -0.39 is 30.8 Å². The Labute approximate surface area is 205 Å². The second-order valence-electron chi connectivity index (χ2n) is 8.40. The number of rotatable bonds is 11. The van der Waals surface area contributed by atoms with Gasteiger partial charge in [0.05, 0.1) is 33.5 Å². The van der Waals surface area contributed by atoms with Gasteiger partial charge in [-0.15, -0.1) is 0 Å². The summed E-state index contributed by atoms with van der Waals surface area (Å²) >= 11 is 0. The van der Waals surface area contributed by atoms with Gasteiger partial charge in [-0.3, -0.25) is 0 Å². The highest BCUT2D eigenvalue weighted by atomic mass is 19.1. The lowest BCUT2D eigenvalue weighted by Gasteiger charge is -2.41. The number of methoxy groups -OCH3 is 1. The van der Waals surface area contributed by atoms with Crippen molar-refractivity contribution in [3.05, 3.63) is 102 Å². The third kappa shape index (κ3) is 7.10. The van der Waals surface area contributed by atoms with Gasteiger partial charge in [0.15, 0.2) is 0 Å². The molecular formula is C28H31FO6. The van der Waals surface area contributed by atoms with Crippen molar-refractivity contribution in [1.82, 2.24) is 0 Å². The van der Waals surface area contributed by atoms with E-state index in [4.69, 9.17) is 23.7 Å². The first-order valence-corrected chi connectivity index (χ1v) is 11.6. The van der Waals surface area contributed by atoms with E-state index in [2.05, 4.69) is 0 Å². The van der Waals surface area contributed by atoms with Crippen LogP contribution in [0.3, 0.4) is 0 Å². The van der Waals surface area contributed by atoms with Crippen molar-refractivity contribution < 1.29 is 33.2 Å². The zero-order valence-corrected chi connectivity index (χ0v) is 19.7. The SMILES string of the molecule is COc1ccc(COC[C@H]2OC(F)[C@H](OCc3ccccc3)[C@@H](OCc3ccccc3)[C@@H]2O)cc1. The molecule has 1 heterocycles. The second-order valence-corrected chi connectivity index (χ2v) is 8.40. The summed E-state index contributed by atoms with van der Waals surface area (Å²) in [7, 11) is 1.60. The van der Waals surface area contributed by atoms with Crippen LogP contribution in [0.5, 0.6) is 5.75 Å². The molecule has 1 unspecified atom stereocenters. The number of hydrogen-bond donors (Lipinski definition) is 1. The highest BCUT2D eigenvalue weighted by molar-refractivity contribution is 5.26. The van der Waals surface area contributed by atoms with Gasteiger partial charge in [0, 0.05) is 0 Å². The summed E-state index contributed by atoms with van der Waals surface area (Å²) in [4.78, 5) is 0. The minimum atomic E-state index is -1.78. The molecule has 0 aromatic heterocycles. The van der Waals surface area contributed by atoms with Gasteiger partial charge < -0.3 is 28.8 Å². The Bertz CT molecular complexity index is 1000. The van der Waals surface area contributed by atoms with Crippen molar-refractivity contribution in [2.45, 2.75) is 50.6 Å². The maximum Gasteiger partial charge on any atom is 0.228 e. The van der Waals surface area contributed by atoms with Crippen LogP contribution in [0.1, 0.15) is 16.7 Å². The summed E-state index contributed by atoms with van der Waals surface area (Å²) in [6, 6.07) is 26.4. The number of aliphatic hydroxyl groups excluding tert-OH is 1. The van der Waals surface area contributed by atoms with Gasteiger partial charge in [0.1, 0.15) is 30.2 Å². The van der Waals surface area contributed by atoms with E-state index >= 15 is 4.39 Å². The Balaban J connectivity index is 1.39. The number of hydrogen-bond acceptors (Lipinski definition) is 6. The van der Waals surface area contributed by atoms with Crippen molar-refractivity contribution in [3.63, 3.8) is 0 Å². The summed E-state index contributed by atoms with van der Waals surface area (Å²) in [5, 5.41) is 11.1. The van der Waals surface area contributed by atoms with Crippen LogP contribution in [0, 0.1) is 0 Å². The van der Waals surface area contributed by atoms with Crippen LogP contribution < -0.4 is 4.74 Å². The van der Waals surface area contributed by atoms with Gasteiger partial charge in [-0.25, -0.2) is 4.39 Å². The quantitative estimate of drug-likeness (QED) is 0.436. The fourth-order valence-corrected chi connectivity index (χ4v) is 3.93. The van der Waals surface area contributed by atoms with Gasteiger partial charge in [-0.2, -0.15) is 0 Å². The maximum atomic E-state index is 15.2. The number of aliphatic hydroxyl groups is 1. The molecule has 4 rings (SSSR count). The highest BCUT2D eigenvalue weighted by Crippen LogP contribution is 2.29. The molecule has 186 valence electrons. The van der Waals surface area contributed by atoms with Crippen LogP contribution in [-0.4, -0.2) is 49.6 Å². The molecule has 1 fully saturated rings. The highest BCUT2D eigenvalue weighted by Gasteiger charge is 2.47. The number of benzene rings is 3. The fourth-order valence-electron chi connectivity index (χ4n) is 3.93. The fraction of sp³-hybridized carbons (Fsp3) is 0.357. The average Bonchev–Trinajstić information content (AvgIpc) is 2.90. The molecule has 0 saturated carbocycles. The first-order valence-electron chi connectivity index (χ1n) is 11.6. The van der Waals surface area contributed by atoms with Crippen LogP contribution >= 0.6 is 0 Å². The van der Waals surface area contributed by atoms with E-state index in [0.29, 0.717) is 0 Å². The minimum Gasteiger partial charge on any atom is -0.497 e. The summed E-state index contributed by atoms with van der Waals surface area (Å²) in [5.41, 5.74) is 2.73. The number of ether oxygens (including phenoxy) is 5. The monoisotopic (exact) mass is 482 g/mol. The first-order chi connectivity index (χ1) is 17.1. The van der Waals surface area contributed by atoms with Crippen molar-refractivity contribution in [1.29, 1.82) is 0 Å². The molecule has 1 aliphatic heterocycles. The predicted octanol–water partition coefficient (Wildman–Crippen LogP) is 4.44. The molecule has 0 bridgehead atoms. The molecule has 7 heteroatoms. The Morgan fingerprint density at radius 1 is 0.743 bits per heavy atom. The molecule has 1 aliphatic rings. The van der Waals surface area contributed by atoms with E-state index in [9.17, 15) is 5.11 Å². The van der Waals surface area contributed by atoms with Crippen LogP contribution in [0.15, 0.2) is 84.9 Å². The van der Waals surface area contributed by atoms with Crippen molar-refractivity contribution in [3.8, 4) is 5.75 Å².